The van der Waals surface area contributed by atoms with Crippen molar-refractivity contribution in [2.75, 3.05) is 12.4 Å². The Morgan fingerprint density at radius 2 is 1.75 bits per heavy atom. The van der Waals surface area contributed by atoms with E-state index in [0.29, 0.717) is 5.69 Å². The number of carbonyl (C=O) groups is 2. The minimum atomic E-state index is -4.46. The maximum Gasteiger partial charge on any atom is 0.416 e. The van der Waals surface area contributed by atoms with Crippen LogP contribution in [0.1, 0.15) is 21.5 Å². The first-order valence-electron chi connectivity index (χ1n) is 7.08. The van der Waals surface area contributed by atoms with Crippen LogP contribution in [0.4, 0.5) is 18.9 Å². The summed E-state index contributed by atoms with van der Waals surface area (Å²) in [4.78, 5) is 23.8. The van der Waals surface area contributed by atoms with Crippen molar-refractivity contribution in [1.29, 1.82) is 0 Å². The monoisotopic (exact) mass is 336 g/mol. The fourth-order valence-corrected chi connectivity index (χ4v) is 2.16. The third kappa shape index (κ3) is 4.34. The van der Waals surface area contributed by atoms with Gasteiger partial charge < -0.3 is 10.6 Å². The zero-order valence-electron chi connectivity index (χ0n) is 12.8. The van der Waals surface area contributed by atoms with Gasteiger partial charge in [0, 0.05) is 7.05 Å². The second kappa shape index (κ2) is 7.16. The van der Waals surface area contributed by atoms with Crippen molar-refractivity contribution >= 4 is 17.5 Å². The van der Waals surface area contributed by atoms with Gasteiger partial charge in [-0.05, 0) is 23.8 Å². The van der Waals surface area contributed by atoms with Gasteiger partial charge in [-0.2, -0.15) is 13.2 Å². The van der Waals surface area contributed by atoms with E-state index in [-0.39, 0.29) is 23.5 Å². The van der Waals surface area contributed by atoms with Crippen LogP contribution >= 0.6 is 0 Å². The Hall–Kier alpha value is -2.83. The molecule has 0 saturated heterocycles. The minimum absolute atomic E-state index is 0.230. The van der Waals surface area contributed by atoms with E-state index in [1.165, 1.54) is 19.2 Å². The maximum atomic E-state index is 12.7. The first-order valence-corrected chi connectivity index (χ1v) is 7.08. The van der Waals surface area contributed by atoms with E-state index in [0.717, 1.165) is 12.1 Å². The van der Waals surface area contributed by atoms with E-state index in [4.69, 9.17) is 0 Å². The Bertz CT molecular complexity index is 757. The molecule has 0 aliphatic carbocycles. The minimum Gasteiger partial charge on any atom is -0.355 e. The smallest absolute Gasteiger partial charge is 0.355 e. The molecule has 0 radical (unpaired) electrons. The lowest BCUT2D eigenvalue weighted by atomic mass is 10.1. The van der Waals surface area contributed by atoms with Crippen LogP contribution in [-0.4, -0.2) is 18.9 Å². The summed E-state index contributed by atoms with van der Waals surface area (Å²) in [5.74, 6) is -0.879. The number of alkyl halides is 3. The molecule has 24 heavy (non-hydrogen) atoms. The second-order valence-electron chi connectivity index (χ2n) is 5.05. The summed E-state index contributed by atoms with van der Waals surface area (Å²) in [6, 6.07) is 11.0. The van der Waals surface area contributed by atoms with Crippen molar-refractivity contribution in [3.8, 4) is 0 Å². The molecule has 2 aromatic rings. The number of para-hydroxylation sites is 1. The molecule has 126 valence electrons. The van der Waals surface area contributed by atoms with Crippen molar-refractivity contribution in [2.24, 2.45) is 0 Å². The highest BCUT2D eigenvalue weighted by Gasteiger charge is 2.30. The Kier molecular flexibility index (Phi) is 5.23. The third-order valence-electron chi connectivity index (χ3n) is 3.29. The van der Waals surface area contributed by atoms with Crippen LogP contribution in [0.3, 0.4) is 0 Å². The zero-order chi connectivity index (χ0) is 17.7. The van der Waals surface area contributed by atoms with Gasteiger partial charge in [0.15, 0.2) is 0 Å². The number of anilines is 1. The van der Waals surface area contributed by atoms with Gasteiger partial charge in [-0.15, -0.1) is 0 Å². The van der Waals surface area contributed by atoms with E-state index in [9.17, 15) is 22.8 Å². The molecule has 0 aliphatic heterocycles. The maximum absolute atomic E-state index is 12.7. The van der Waals surface area contributed by atoms with Gasteiger partial charge in [0.25, 0.3) is 5.91 Å². The Morgan fingerprint density at radius 3 is 2.42 bits per heavy atom. The van der Waals surface area contributed by atoms with Crippen LogP contribution in [0.15, 0.2) is 48.5 Å². The summed E-state index contributed by atoms with van der Waals surface area (Å²) in [6.07, 6.45) is -4.69. The number of amides is 2. The van der Waals surface area contributed by atoms with Crippen LogP contribution in [0.5, 0.6) is 0 Å². The highest BCUT2D eigenvalue weighted by molar-refractivity contribution is 6.03. The number of hydrogen-bond acceptors (Lipinski definition) is 2. The molecule has 0 aromatic heterocycles. The van der Waals surface area contributed by atoms with Gasteiger partial charge in [0.05, 0.1) is 23.2 Å². The highest BCUT2D eigenvalue weighted by atomic mass is 19.4. The summed E-state index contributed by atoms with van der Waals surface area (Å²) >= 11 is 0. The normalized spacial score (nSPS) is 11.0. The second-order valence-corrected chi connectivity index (χ2v) is 5.05. The molecule has 0 unspecified atom stereocenters. The molecular formula is C17H15F3N2O2. The molecule has 0 heterocycles. The van der Waals surface area contributed by atoms with Gasteiger partial charge >= 0.3 is 6.18 Å². The molecule has 2 aromatic carbocycles. The summed E-state index contributed by atoms with van der Waals surface area (Å²) < 4.78 is 38.1. The molecule has 0 atom stereocenters. The number of halogens is 3. The number of carbonyl (C=O) groups excluding carboxylic acids is 2. The SMILES string of the molecule is CNC(=O)c1ccccc1NC(=O)Cc1cccc(C(F)(F)F)c1. The van der Waals surface area contributed by atoms with Crippen molar-refractivity contribution in [3.05, 3.63) is 65.2 Å². The molecule has 4 nitrogen and oxygen atoms in total. The summed E-state index contributed by atoms with van der Waals surface area (Å²) in [5, 5.41) is 5.00. The molecule has 2 amide bonds. The number of rotatable bonds is 4. The fraction of sp³-hybridized carbons (Fsp3) is 0.176. The Balaban J connectivity index is 2.14. The summed E-state index contributed by atoms with van der Waals surface area (Å²) in [7, 11) is 1.46. The fourth-order valence-electron chi connectivity index (χ4n) is 2.16. The zero-order valence-corrected chi connectivity index (χ0v) is 12.8. The summed E-state index contributed by atoms with van der Waals surface area (Å²) in [6.45, 7) is 0. The third-order valence-corrected chi connectivity index (χ3v) is 3.29. The predicted molar refractivity (Wildman–Crippen MR) is 83.6 cm³/mol. The molecule has 0 spiro atoms. The molecule has 2 rings (SSSR count). The molecule has 0 fully saturated rings. The van der Waals surface area contributed by atoms with E-state index >= 15 is 0 Å². The molecular weight excluding hydrogens is 321 g/mol. The molecule has 0 aliphatic rings. The quantitative estimate of drug-likeness (QED) is 0.900. The first kappa shape index (κ1) is 17.5. The van der Waals surface area contributed by atoms with E-state index in [1.807, 2.05) is 0 Å². The number of benzene rings is 2. The van der Waals surface area contributed by atoms with Gasteiger partial charge in [0.2, 0.25) is 5.91 Å². The van der Waals surface area contributed by atoms with Crippen molar-refractivity contribution < 1.29 is 22.8 Å². The lowest BCUT2D eigenvalue weighted by molar-refractivity contribution is -0.137. The molecule has 0 saturated carbocycles. The molecule has 2 N–H and O–H groups in total. The van der Waals surface area contributed by atoms with Crippen molar-refractivity contribution in [3.63, 3.8) is 0 Å². The summed E-state index contributed by atoms with van der Waals surface area (Å²) in [5.41, 5.74) is 0.00419. The van der Waals surface area contributed by atoms with Crippen LogP contribution < -0.4 is 10.6 Å². The van der Waals surface area contributed by atoms with Crippen molar-refractivity contribution in [2.45, 2.75) is 12.6 Å². The standard InChI is InChI=1S/C17H15F3N2O2/c1-21-16(24)13-7-2-3-8-14(13)22-15(23)10-11-5-4-6-12(9-11)17(18,19)20/h2-9H,10H2,1H3,(H,21,24)(H,22,23). The van der Waals surface area contributed by atoms with Gasteiger partial charge in [-0.3, -0.25) is 9.59 Å². The topological polar surface area (TPSA) is 58.2 Å². The van der Waals surface area contributed by atoms with Gasteiger partial charge in [-0.1, -0.05) is 30.3 Å². The van der Waals surface area contributed by atoms with Crippen LogP contribution in [-0.2, 0) is 17.4 Å². The Morgan fingerprint density at radius 1 is 1.04 bits per heavy atom. The number of hydrogen-bond donors (Lipinski definition) is 2. The van der Waals surface area contributed by atoms with E-state index < -0.39 is 17.6 Å². The number of nitrogens with one attached hydrogen (secondary N) is 2. The van der Waals surface area contributed by atoms with Crippen molar-refractivity contribution in [1.82, 2.24) is 5.32 Å². The van der Waals surface area contributed by atoms with Crippen LogP contribution in [0.25, 0.3) is 0 Å². The average Bonchev–Trinajstić information content (AvgIpc) is 2.54. The predicted octanol–water partition coefficient (Wildman–Crippen LogP) is 3.25. The molecule has 0 bridgehead atoms. The largest absolute Gasteiger partial charge is 0.416 e. The van der Waals surface area contributed by atoms with Crippen LogP contribution in [0, 0.1) is 0 Å². The highest BCUT2D eigenvalue weighted by Crippen LogP contribution is 2.29. The van der Waals surface area contributed by atoms with Crippen LogP contribution in [0.2, 0.25) is 0 Å². The lowest BCUT2D eigenvalue weighted by Crippen LogP contribution is -2.22. The Labute approximate surface area is 136 Å². The first-order chi connectivity index (χ1) is 11.3. The van der Waals surface area contributed by atoms with Gasteiger partial charge in [0.1, 0.15) is 0 Å². The average molecular weight is 336 g/mol. The van der Waals surface area contributed by atoms with Gasteiger partial charge in [-0.25, -0.2) is 0 Å². The lowest BCUT2D eigenvalue weighted by Gasteiger charge is -2.11. The van der Waals surface area contributed by atoms with E-state index in [1.54, 1.807) is 24.3 Å². The van der Waals surface area contributed by atoms with E-state index in [2.05, 4.69) is 10.6 Å². The molecule has 7 heteroatoms.